The fourth-order valence-corrected chi connectivity index (χ4v) is 2.95. The normalized spacial score (nSPS) is 11.3. The zero-order valence-electron chi connectivity index (χ0n) is 16.8. The summed E-state index contributed by atoms with van der Waals surface area (Å²) in [4.78, 5) is 35.6. The van der Waals surface area contributed by atoms with Crippen molar-refractivity contribution in [2.24, 2.45) is 0 Å². The third-order valence-electron chi connectivity index (χ3n) is 4.51. The Kier molecular flexibility index (Phi) is 6.95. The summed E-state index contributed by atoms with van der Waals surface area (Å²) in [5, 5.41) is 16.6. The van der Waals surface area contributed by atoms with Crippen LogP contribution in [-0.4, -0.2) is 23.3 Å². The Morgan fingerprint density at radius 1 is 0.968 bits per heavy atom. The molecule has 0 radical (unpaired) electrons. The topological polar surface area (TPSA) is 111 Å². The number of amides is 2. The molecule has 0 aliphatic rings. The summed E-state index contributed by atoms with van der Waals surface area (Å²) in [6, 6.07) is 21.7. The van der Waals surface area contributed by atoms with Gasteiger partial charge >= 0.3 is 5.69 Å². The average Bonchev–Trinajstić information content (AvgIpc) is 2.78. The lowest BCUT2D eigenvalue weighted by Crippen LogP contribution is -2.28. The molecule has 0 aliphatic carbocycles. The van der Waals surface area contributed by atoms with Crippen LogP contribution in [0.4, 0.5) is 11.4 Å². The van der Waals surface area contributed by atoms with Crippen LogP contribution >= 0.6 is 0 Å². The van der Waals surface area contributed by atoms with Gasteiger partial charge in [-0.1, -0.05) is 54.6 Å². The zero-order chi connectivity index (χ0) is 22.2. The Bertz CT molecular complexity index is 1090. The van der Waals surface area contributed by atoms with Crippen molar-refractivity contribution in [1.82, 2.24) is 5.32 Å². The maximum absolute atomic E-state index is 12.8. The number of nitro groups is 1. The van der Waals surface area contributed by atoms with E-state index in [9.17, 15) is 19.7 Å². The number of rotatable bonds is 8. The second-order valence-electron chi connectivity index (χ2n) is 6.71. The van der Waals surface area contributed by atoms with E-state index >= 15 is 0 Å². The van der Waals surface area contributed by atoms with E-state index in [1.165, 1.54) is 18.2 Å². The molecular weight excluding hydrogens is 398 g/mol. The van der Waals surface area contributed by atoms with Crippen molar-refractivity contribution >= 4 is 23.2 Å². The minimum absolute atomic E-state index is 0.00892. The van der Waals surface area contributed by atoms with Gasteiger partial charge in [0, 0.05) is 6.07 Å². The van der Waals surface area contributed by atoms with E-state index in [1.807, 2.05) is 37.3 Å². The minimum atomic E-state index is -0.583. The number of anilines is 1. The molecule has 0 heterocycles. The van der Waals surface area contributed by atoms with E-state index in [0.717, 1.165) is 5.56 Å². The van der Waals surface area contributed by atoms with Gasteiger partial charge in [-0.3, -0.25) is 19.7 Å². The molecule has 0 saturated carbocycles. The number of nitrogens with zero attached hydrogens (tertiary/aromatic N) is 1. The number of ether oxygens (including phenoxy) is 1. The van der Waals surface area contributed by atoms with Crippen molar-refractivity contribution in [3.63, 3.8) is 0 Å². The van der Waals surface area contributed by atoms with Crippen LogP contribution in [0.25, 0.3) is 0 Å². The van der Waals surface area contributed by atoms with Crippen molar-refractivity contribution in [3.8, 4) is 5.75 Å². The molecule has 0 saturated heterocycles. The molecule has 3 rings (SSSR count). The van der Waals surface area contributed by atoms with Crippen LogP contribution in [0.3, 0.4) is 0 Å². The molecule has 0 aliphatic heterocycles. The van der Waals surface area contributed by atoms with Gasteiger partial charge in [-0.25, -0.2) is 0 Å². The number of nitrogens with one attached hydrogen (secondary N) is 2. The van der Waals surface area contributed by atoms with Crippen LogP contribution in [0.15, 0.2) is 78.9 Å². The fourth-order valence-electron chi connectivity index (χ4n) is 2.95. The first-order valence-corrected chi connectivity index (χ1v) is 9.56. The van der Waals surface area contributed by atoms with Crippen molar-refractivity contribution in [2.45, 2.75) is 13.0 Å². The molecule has 1 atom stereocenters. The lowest BCUT2D eigenvalue weighted by atomic mass is 10.1. The molecule has 2 N–H and O–H groups in total. The maximum Gasteiger partial charge on any atom is 0.310 e. The summed E-state index contributed by atoms with van der Waals surface area (Å²) in [5.41, 5.74) is 1.33. The Morgan fingerprint density at radius 2 is 1.61 bits per heavy atom. The lowest BCUT2D eigenvalue weighted by molar-refractivity contribution is -0.385. The van der Waals surface area contributed by atoms with E-state index in [4.69, 9.17) is 4.74 Å². The highest BCUT2D eigenvalue weighted by molar-refractivity contribution is 6.04. The molecule has 8 nitrogen and oxygen atoms in total. The highest BCUT2D eigenvalue weighted by Gasteiger charge is 2.18. The minimum Gasteiger partial charge on any atom is -0.477 e. The summed E-state index contributed by atoms with van der Waals surface area (Å²) in [6.07, 6.45) is 0. The van der Waals surface area contributed by atoms with Gasteiger partial charge in [0.1, 0.15) is 0 Å². The molecule has 3 aromatic rings. The summed E-state index contributed by atoms with van der Waals surface area (Å²) in [5.74, 6) is -0.897. The zero-order valence-corrected chi connectivity index (χ0v) is 16.8. The third kappa shape index (κ3) is 5.66. The predicted molar refractivity (Wildman–Crippen MR) is 116 cm³/mol. The second kappa shape index (κ2) is 10.0. The molecular formula is C23H21N3O5. The van der Waals surface area contributed by atoms with Gasteiger partial charge in [-0.15, -0.1) is 0 Å². The van der Waals surface area contributed by atoms with Gasteiger partial charge in [-0.05, 0) is 30.7 Å². The van der Waals surface area contributed by atoms with E-state index in [0.29, 0.717) is 11.3 Å². The summed E-state index contributed by atoms with van der Waals surface area (Å²) in [7, 11) is 0. The summed E-state index contributed by atoms with van der Waals surface area (Å²) >= 11 is 0. The second-order valence-corrected chi connectivity index (χ2v) is 6.71. The molecule has 0 bridgehead atoms. The van der Waals surface area contributed by atoms with E-state index in [2.05, 4.69) is 10.6 Å². The Balaban J connectivity index is 1.65. The van der Waals surface area contributed by atoms with E-state index in [1.54, 1.807) is 30.3 Å². The molecule has 0 spiro atoms. The number of para-hydroxylation sites is 3. The Morgan fingerprint density at radius 3 is 2.35 bits per heavy atom. The maximum atomic E-state index is 12.8. The van der Waals surface area contributed by atoms with Crippen LogP contribution in [0.2, 0.25) is 0 Å². The highest BCUT2D eigenvalue weighted by Crippen LogP contribution is 2.26. The van der Waals surface area contributed by atoms with E-state index < -0.39 is 17.4 Å². The molecule has 0 aromatic heterocycles. The number of benzene rings is 3. The van der Waals surface area contributed by atoms with Gasteiger partial charge in [0.05, 0.1) is 22.2 Å². The van der Waals surface area contributed by atoms with Gasteiger partial charge in [0.2, 0.25) is 0 Å². The lowest BCUT2D eigenvalue weighted by Gasteiger charge is -2.16. The predicted octanol–water partition coefficient (Wildman–Crippen LogP) is 4.10. The largest absolute Gasteiger partial charge is 0.477 e. The number of hydrogen-bond donors (Lipinski definition) is 2. The van der Waals surface area contributed by atoms with Crippen molar-refractivity contribution in [3.05, 3.63) is 100 Å². The molecule has 158 valence electrons. The Hall–Kier alpha value is -4.20. The van der Waals surface area contributed by atoms with E-state index in [-0.39, 0.29) is 23.4 Å². The molecule has 0 unspecified atom stereocenters. The third-order valence-corrected chi connectivity index (χ3v) is 4.51. The molecule has 8 heteroatoms. The van der Waals surface area contributed by atoms with Crippen LogP contribution in [0, 0.1) is 10.1 Å². The highest BCUT2D eigenvalue weighted by atomic mass is 16.6. The number of nitro benzene ring substituents is 1. The number of hydrogen-bond acceptors (Lipinski definition) is 5. The first-order valence-electron chi connectivity index (χ1n) is 9.56. The monoisotopic (exact) mass is 419 g/mol. The number of carbonyl (C=O) groups is 2. The van der Waals surface area contributed by atoms with Gasteiger partial charge in [-0.2, -0.15) is 0 Å². The Labute approximate surface area is 179 Å². The van der Waals surface area contributed by atoms with Crippen LogP contribution in [0.1, 0.15) is 28.9 Å². The first-order chi connectivity index (χ1) is 15.0. The van der Waals surface area contributed by atoms with Crippen molar-refractivity contribution in [1.29, 1.82) is 0 Å². The number of carbonyl (C=O) groups excluding carboxylic acids is 2. The summed E-state index contributed by atoms with van der Waals surface area (Å²) in [6.45, 7) is 1.43. The smallest absolute Gasteiger partial charge is 0.310 e. The standard InChI is InChI=1S/C23H21N3O5/c1-16(17-9-3-2-4-10-17)24-23(28)18-11-5-6-12-19(18)25-22(27)15-31-21-14-8-7-13-20(21)26(29)30/h2-14,16H,15H2,1H3,(H,24,28)(H,25,27)/t16-/m1/s1. The molecule has 3 aromatic carbocycles. The quantitative estimate of drug-likeness (QED) is 0.422. The SMILES string of the molecule is C[C@@H](NC(=O)c1ccccc1NC(=O)COc1ccccc1[N+](=O)[O-])c1ccccc1. The van der Waals surface area contributed by atoms with Crippen LogP contribution in [-0.2, 0) is 4.79 Å². The average molecular weight is 419 g/mol. The van der Waals surface area contributed by atoms with Gasteiger partial charge in [0.15, 0.2) is 12.4 Å². The van der Waals surface area contributed by atoms with Crippen molar-refractivity contribution in [2.75, 3.05) is 11.9 Å². The van der Waals surface area contributed by atoms with Gasteiger partial charge in [0.25, 0.3) is 11.8 Å². The fraction of sp³-hybridized carbons (Fsp3) is 0.130. The molecule has 31 heavy (non-hydrogen) atoms. The van der Waals surface area contributed by atoms with Crippen LogP contribution < -0.4 is 15.4 Å². The molecule has 0 fully saturated rings. The first kappa shape index (κ1) is 21.5. The van der Waals surface area contributed by atoms with Crippen molar-refractivity contribution < 1.29 is 19.2 Å². The summed E-state index contributed by atoms with van der Waals surface area (Å²) < 4.78 is 5.30. The molecule has 2 amide bonds. The van der Waals surface area contributed by atoms with Gasteiger partial charge < -0.3 is 15.4 Å². The van der Waals surface area contributed by atoms with Crippen LogP contribution in [0.5, 0.6) is 5.75 Å².